The Morgan fingerprint density at radius 3 is 2.53 bits per heavy atom. The topological polar surface area (TPSA) is 58.6 Å². The van der Waals surface area contributed by atoms with Gasteiger partial charge >= 0.3 is 0 Å². The lowest BCUT2D eigenvalue weighted by molar-refractivity contribution is 0.0850. The molecule has 0 saturated heterocycles. The van der Waals surface area contributed by atoms with Gasteiger partial charge in [-0.05, 0) is 23.6 Å². The molecule has 0 spiro atoms. The maximum Gasteiger partial charge on any atom is 0.251 e. The van der Waals surface area contributed by atoms with Gasteiger partial charge in [-0.1, -0.05) is 32.4 Å². The molecule has 0 saturated carbocycles. The molecule has 0 aromatic heterocycles. The molecule has 4 heteroatoms. The summed E-state index contributed by atoms with van der Waals surface area (Å²) in [4.78, 5) is 11.9. The summed E-state index contributed by atoms with van der Waals surface area (Å²) in [5.41, 5.74) is 1.62. The van der Waals surface area contributed by atoms with Crippen molar-refractivity contribution >= 4 is 5.91 Å². The predicted octanol–water partition coefficient (Wildman–Crippen LogP) is 1.97. The molecule has 1 aromatic carbocycles. The molecule has 0 unspecified atom stereocenters. The minimum Gasteiger partial charge on any atom is -0.391 e. The molecule has 0 aliphatic carbocycles. The number of aliphatic hydroxyl groups is 1. The van der Waals surface area contributed by atoms with E-state index in [-0.39, 0.29) is 18.4 Å². The lowest BCUT2D eigenvalue weighted by Crippen LogP contribution is -2.35. The van der Waals surface area contributed by atoms with Crippen LogP contribution in [0.5, 0.6) is 0 Å². The summed E-state index contributed by atoms with van der Waals surface area (Å²) in [5.74, 6) is 0.0238. The Kier molecular flexibility index (Phi) is 6.53. The number of rotatable bonds is 7. The standard InChI is InChI=1S/C15H23NO3/c1-4-11(2)14(17)9-16-15(18)13-7-5-12(6-8-13)10-19-3/h5-8,11,14,17H,4,9-10H2,1-3H3,(H,16,18)/t11-,14-/m0/s1. The highest BCUT2D eigenvalue weighted by molar-refractivity contribution is 5.94. The second kappa shape index (κ2) is 7.92. The zero-order chi connectivity index (χ0) is 14.3. The van der Waals surface area contributed by atoms with Gasteiger partial charge in [0, 0.05) is 19.2 Å². The van der Waals surface area contributed by atoms with Crippen LogP contribution in [-0.4, -0.2) is 30.8 Å². The Balaban J connectivity index is 2.49. The molecule has 1 aromatic rings. The molecule has 0 aliphatic heterocycles. The van der Waals surface area contributed by atoms with E-state index in [2.05, 4.69) is 5.32 Å². The summed E-state index contributed by atoms with van der Waals surface area (Å²) in [7, 11) is 1.64. The van der Waals surface area contributed by atoms with E-state index in [1.807, 2.05) is 26.0 Å². The molecular formula is C15H23NO3. The Hall–Kier alpha value is -1.39. The lowest BCUT2D eigenvalue weighted by Gasteiger charge is -2.17. The molecule has 2 N–H and O–H groups in total. The molecule has 4 nitrogen and oxygen atoms in total. The maximum absolute atomic E-state index is 11.9. The van der Waals surface area contributed by atoms with Gasteiger partial charge in [-0.25, -0.2) is 0 Å². The van der Waals surface area contributed by atoms with E-state index in [0.29, 0.717) is 12.2 Å². The summed E-state index contributed by atoms with van der Waals surface area (Å²) in [6.45, 7) is 4.81. The number of carbonyl (C=O) groups is 1. The molecule has 0 radical (unpaired) electrons. The summed E-state index contributed by atoms with van der Waals surface area (Å²) in [6, 6.07) is 7.26. The molecule has 1 amide bonds. The molecular weight excluding hydrogens is 242 g/mol. The average molecular weight is 265 g/mol. The van der Waals surface area contributed by atoms with Gasteiger partial charge in [-0.2, -0.15) is 0 Å². The van der Waals surface area contributed by atoms with Crippen LogP contribution in [0.15, 0.2) is 24.3 Å². The van der Waals surface area contributed by atoms with Gasteiger partial charge < -0.3 is 15.2 Å². The first kappa shape index (κ1) is 15.7. The van der Waals surface area contributed by atoms with E-state index in [9.17, 15) is 9.90 Å². The summed E-state index contributed by atoms with van der Waals surface area (Å²) >= 11 is 0. The third-order valence-electron chi connectivity index (χ3n) is 3.30. The maximum atomic E-state index is 11.9. The SMILES string of the molecule is CC[C@H](C)[C@@H](O)CNC(=O)c1ccc(COC)cc1. The number of carbonyl (C=O) groups excluding carboxylic acids is 1. The molecule has 0 fully saturated rings. The van der Waals surface area contributed by atoms with Gasteiger partial charge in [-0.3, -0.25) is 4.79 Å². The number of hydrogen-bond donors (Lipinski definition) is 2. The Morgan fingerprint density at radius 1 is 1.37 bits per heavy atom. The van der Waals surface area contributed by atoms with Gasteiger partial charge in [-0.15, -0.1) is 0 Å². The first-order valence-corrected chi connectivity index (χ1v) is 6.62. The van der Waals surface area contributed by atoms with Crippen molar-refractivity contribution < 1.29 is 14.6 Å². The Bertz CT molecular complexity index is 389. The van der Waals surface area contributed by atoms with E-state index in [4.69, 9.17) is 4.74 Å². The smallest absolute Gasteiger partial charge is 0.251 e. The van der Waals surface area contributed by atoms with Crippen LogP contribution in [-0.2, 0) is 11.3 Å². The van der Waals surface area contributed by atoms with Gasteiger partial charge in [0.15, 0.2) is 0 Å². The normalized spacial score (nSPS) is 13.9. The van der Waals surface area contributed by atoms with Crippen LogP contribution in [0, 0.1) is 5.92 Å². The zero-order valence-electron chi connectivity index (χ0n) is 11.8. The van der Waals surface area contributed by atoms with Crippen LogP contribution in [0.25, 0.3) is 0 Å². The fourth-order valence-electron chi connectivity index (χ4n) is 1.69. The molecule has 0 bridgehead atoms. The fourth-order valence-corrected chi connectivity index (χ4v) is 1.69. The minimum absolute atomic E-state index is 0.161. The Morgan fingerprint density at radius 2 is 2.00 bits per heavy atom. The number of amides is 1. The number of aliphatic hydroxyl groups excluding tert-OH is 1. The van der Waals surface area contributed by atoms with Crippen molar-refractivity contribution in [2.75, 3.05) is 13.7 Å². The lowest BCUT2D eigenvalue weighted by atomic mass is 10.0. The van der Waals surface area contributed by atoms with Crippen molar-refractivity contribution in [2.24, 2.45) is 5.92 Å². The van der Waals surface area contributed by atoms with Crippen LogP contribution < -0.4 is 5.32 Å². The van der Waals surface area contributed by atoms with Crippen molar-refractivity contribution in [3.63, 3.8) is 0 Å². The largest absolute Gasteiger partial charge is 0.391 e. The molecule has 2 atom stereocenters. The highest BCUT2D eigenvalue weighted by atomic mass is 16.5. The predicted molar refractivity (Wildman–Crippen MR) is 75.0 cm³/mol. The van der Waals surface area contributed by atoms with Crippen LogP contribution in [0.1, 0.15) is 36.2 Å². The minimum atomic E-state index is -0.498. The van der Waals surface area contributed by atoms with E-state index in [0.717, 1.165) is 12.0 Å². The van der Waals surface area contributed by atoms with Gasteiger partial charge in [0.1, 0.15) is 0 Å². The van der Waals surface area contributed by atoms with Crippen LogP contribution in [0.4, 0.5) is 0 Å². The zero-order valence-corrected chi connectivity index (χ0v) is 11.8. The van der Waals surface area contributed by atoms with Crippen LogP contribution >= 0.6 is 0 Å². The second-order valence-electron chi connectivity index (χ2n) is 4.79. The number of ether oxygens (including phenoxy) is 1. The number of hydrogen-bond acceptors (Lipinski definition) is 3. The number of methoxy groups -OCH3 is 1. The number of nitrogens with one attached hydrogen (secondary N) is 1. The monoisotopic (exact) mass is 265 g/mol. The van der Waals surface area contributed by atoms with E-state index in [1.165, 1.54) is 0 Å². The van der Waals surface area contributed by atoms with Crippen molar-refractivity contribution in [1.82, 2.24) is 5.32 Å². The molecule has 19 heavy (non-hydrogen) atoms. The highest BCUT2D eigenvalue weighted by Crippen LogP contribution is 2.08. The number of benzene rings is 1. The second-order valence-corrected chi connectivity index (χ2v) is 4.79. The average Bonchev–Trinajstić information content (AvgIpc) is 2.44. The van der Waals surface area contributed by atoms with Crippen molar-refractivity contribution in [3.05, 3.63) is 35.4 Å². The summed E-state index contributed by atoms with van der Waals surface area (Å²) in [6.07, 6.45) is 0.393. The third-order valence-corrected chi connectivity index (χ3v) is 3.30. The van der Waals surface area contributed by atoms with Crippen molar-refractivity contribution in [2.45, 2.75) is 33.0 Å². The fraction of sp³-hybridized carbons (Fsp3) is 0.533. The van der Waals surface area contributed by atoms with Crippen molar-refractivity contribution in [3.8, 4) is 0 Å². The molecule has 0 heterocycles. The summed E-state index contributed by atoms with van der Waals surface area (Å²) in [5, 5.41) is 12.5. The van der Waals surface area contributed by atoms with Crippen molar-refractivity contribution in [1.29, 1.82) is 0 Å². The Labute approximate surface area is 114 Å². The van der Waals surface area contributed by atoms with E-state index < -0.39 is 6.10 Å². The molecule has 106 valence electrons. The van der Waals surface area contributed by atoms with Crippen LogP contribution in [0.3, 0.4) is 0 Å². The van der Waals surface area contributed by atoms with E-state index in [1.54, 1.807) is 19.2 Å². The van der Waals surface area contributed by atoms with Crippen LogP contribution in [0.2, 0.25) is 0 Å². The first-order chi connectivity index (χ1) is 9.08. The van der Waals surface area contributed by atoms with Gasteiger partial charge in [0.25, 0.3) is 5.91 Å². The third kappa shape index (κ3) is 5.01. The quantitative estimate of drug-likeness (QED) is 0.792. The molecule has 0 aliphatic rings. The van der Waals surface area contributed by atoms with Gasteiger partial charge in [0.05, 0.1) is 12.7 Å². The van der Waals surface area contributed by atoms with E-state index >= 15 is 0 Å². The van der Waals surface area contributed by atoms with Gasteiger partial charge in [0.2, 0.25) is 0 Å². The summed E-state index contributed by atoms with van der Waals surface area (Å²) < 4.78 is 5.01. The highest BCUT2D eigenvalue weighted by Gasteiger charge is 2.13. The molecule has 1 rings (SSSR count). The first-order valence-electron chi connectivity index (χ1n) is 6.62.